The zero-order valence-corrected chi connectivity index (χ0v) is 64.8. The van der Waals surface area contributed by atoms with Gasteiger partial charge in [-0.15, -0.1) is 6.58 Å². The highest BCUT2D eigenvalue weighted by Crippen LogP contribution is 2.40. The summed E-state index contributed by atoms with van der Waals surface area (Å²) in [6, 6.07) is 8.13. The number of hydrogen-bond acceptors (Lipinski definition) is 20. The highest BCUT2D eigenvalue weighted by atomic mass is 28.4. The molecular formula is C67H118N4O21Si3. The van der Waals surface area contributed by atoms with Crippen LogP contribution in [0.25, 0.3) is 0 Å². The smallest absolute Gasteiger partial charge is 0.408 e. The van der Waals surface area contributed by atoms with E-state index in [1.807, 2.05) is 65.8 Å². The maximum atomic E-state index is 12.8. The lowest BCUT2D eigenvalue weighted by atomic mass is 9.95. The van der Waals surface area contributed by atoms with Gasteiger partial charge in [0.1, 0.15) is 48.5 Å². The van der Waals surface area contributed by atoms with Gasteiger partial charge in [0, 0.05) is 43.1 Å². The zero-order valence-electron chi connectivity index (χ0n) is 61.8. The number of rotatable bonds is 19. The van der Waals surface area contributed by atoms with Gasteiger partial charge in [0.2, 0.25) is 0 Å². The topological polar surface area (TPSA) is 324 Å². The van der Waals surface area contributed by atoms with Crippen molar-refractivity contribution in [2.24, 2.45) is 23.7 Å². The van der Waals surface area contributed by atoms with Crippen molar-refractivity contribution in [1.82, 2.24) is 21.3 Å². The second-order valence-corrected chi connectivity index (χ2v) is 45.6. The molecule has 0 aromatic heterocycles. The number of ether oxygens (including phenoxy) is 7. The van der Waals surface area contributed by atoms with Crippen molar-refractivity contribution < 1.29 is 99.1 Å². The summed E-state index contributed by atoms with van der Waals surface area (Å²) in [4.78, 5) is 103. The molecule has 0 radical (unpaired) electrons. The lowest BCUT2D eigenvalue weighted by molar-refractivity contribution is -0.160. The normalized spacial score (nSPS) is 21.0. The average molecular weight is 1400 g/mol. The fourth-order valence-electron chi connectivity index (χ4n) is 8.73. The summed E-state index contributed by atoms with van der Waals surface area (Å²) in [6.45, 7) is 54.8. The number of carbonyl (C=O) groups is 9. The first kappa shape index (κ1) is 87.1. The molecule has 4 rings (SSSR count). The Labute approximate surface area is 568 Å². The number of amides is 4. The van der Waals surface area contributed by atoms with Crippen molar-refractivity contribution in [3.05, 3.63) is 43.0 Å². The van der Waals surface area contributed by atoms with Crippen molar-refractivity contribution in [2.45, 2.75) is 253 Å². The Balaban J connectivity index is 0.000000665. The first-order valence-corrected chi connectivity index (χ1v) is 39.9. The number of nitrogens with one attached hydrogen (secondary N) is 4. The van der Waals surface area contributed by atoms with E-state index in [4.69, 9.17) is 56.0 Å². The molecule has 3 heterocycles. The number of aldehydes is 1. The van der Waals surface area contributed by atoms with Crippen molar-refractivity contribution in [3.8, 4) is 0 Å². The van der Waals surface area contributed by atoms with Gasteiger partial charge in [-0.25, -0.2) is 19.2 Å². The van der Waals surface area contributed by atoms with Crippen LogP contribution in [0.15, 0.2) is 43.0 Å². The van der Waals surface area contributed by atoms with E-state index in [2.05, 4.69) is 128 Å². The number of carboxylic acid groups (broad SMARTS) is 1. The lowest BCUT2D eigenvalue weighted by Crippen LogP contribution is -2.61. The number of esters is 3. The Kier molecular flexibility index (Phi) is 33.1. The predicted molar refractivity (Wildman–Crippen MR) is 368 cm³/mol. The molecule has 28 heteroatoms. The molecule has 9 atom stereocenters. The average Bonchev–Trinajstić information content (AvgIpc) is 0.775. The van der Waals surface area contributed by atoms with E-state index in [0.717, 1.165) is 5.19 Å². The molecule has 0 spiro atoms. The van der Waals surface area contributed by atoms with Crippen molar-refractivity contribution in [1.29, 1.82) is 0 Å². The molecule has 5 N–H and O–H groups in total. The van der Waals surface area contributed by atoms with Crippen LogP contribution in [0.2, 0.25) is 41.3 Å². The zero-order chi connectivity index (χ0) is 73.7. The molecule has 3 aliphatic heterocycles. The standard InChI is InChI=1S/C28H51NO5Si2.C17H33NO5Si.C11H17NO6.C11H17NO5/c1-14-22(20-32-35(12,13)27(5,6)7)24(29-25(30)34-26(2,3)4)21-33-36(31-11,28(8,9)10)23-18-16-15-17-19-23;1-16(2,3)23-15(20)18-13-11-21-14(19)9-12(13)10-22-24(7,8)17(4,5)6;1-11(2,3)18-10(16)12-7-5-17-8(13)4-6(7)9(14)15;1-11(2,3)17-10(15)12-8-6-16-9(14)4-7(8)5-13/h14-19,22,24H,1,20-21H2,2-13H3,(H,29,30);12-13H,9-11H2,1-8H3,(H,18,20);6-7H,4-5H2,1-3H3,(H,12,16)(H,14,15);5,7-8H,4,6H2,1-3H3,(H,12,15)/t22-,24+,36?;12-,13+;6-,7-;7-,8+/m0010/s1. The van der Waals surface area contributed by atoms with Crippen LogP contribution in [0.3, 0.4) is 0 Å². The molecule has 1 unspecified atom stereocenters. The predicted octanol–water partition coefficient (Wildman–Crippen LogP) is 11.1. The van der Waals surface area contributed by atoms with E-state index >= 15 is 0 Å². The van der Waals surface area contributed by atoms with Gasteiger partial charge in [-0.2, -0.15) is 0 Å². The van der Waals surface area contributed by atoms with Crippen LogP contribution < -0.4 is 26.5 Å². The third-order valence-electron chi connectivity index (χ3n) is 16.0. The molecule has 95 heavy (non-hydrogen) atoms. The van der Waals surface area contributed by atoms with Gasteiger partial charge < -0.3 is 82.0 Å². The number of carboxylic acids is 1. The van der Waals surface area contributed by atoms with Gasteiger partial charge in [-0.3, -0.25) is 19.2 Å². The number of aliphatic carboxylic acids is 1. The van der Waals surface area contributed by atoms with Crippen molar-refractivity contribution in [3.63, 3.8) is 0 Å². The van der Waals surface area contributed by atoms with E-state index in [1.165, 1.54) is 0 Å². The molecule has 1 aromatic carbocycles. The van der Waals surface area contributed by atoms with Crippen LogP contribution in [0.1, 0.15) is 165 Å². The maximum absolute atomic E-state index is 12.8. The summed E-state index contributed by atoms with van der Waals surface area (Å²) in [5.74, 6) is -4.22. The third-order valence-corrected chi connectivity index (χ3v) is 29.2. The van der Waals surface area contributed by atoms with Gasteiger partial charge in [-0.1, -0.05) is 98.7 Å². The first-order valence-electron chi connectivity index (χ1n) is 32.3. The largest absolute Gasteiger partial charge is 0.481 e. The third kappa shape index (κ3) is 31.9. The fourth-order valence-corrected chi connectivity index (χ4v) is 14.3. The fraction of sp³-hybridized carbons (Fsp3) is 0.746. The Morgan fingerprint density at radius 2 is 0.958 bits per heavy atom. The van der Waals surface area contributed by atoms with Crippen LogP contribution >= 0.6 is 0 Å². The first-order chi connectivity index (χ1) is 43.0. The molecular weight excluding hydrogens is 1280 g/mol. The summed E-state index contributed by atoms with van der Waals surface area (Å²) in [5, 5.41) is 20.7. The summed E-state index contributed by atoms with van der Waals surface area (Å²) < 4.78 is 61.3. The van der Waals surface area contributed by atoms with Crippen LogP contribution in [0, 0.1) is 23.7 Å². The summed E-state index contributed by atoms with van der Waals surface area (Å²) in [5.41, 5.74) is -2.46. The highest BCUT2D eigenvalue weighted by molar-refractivity contribution is 6.83. The minimum atomic E-state index is -2.91. The van der Waals surface area contributed by atoms with E-state index < -0.39 is 120 Å². The number of carbonyl (C=O) groups excluding carboxylic acids is 8. The molecule has 544 valence electrons. The lowest BCUT2D eigenvalue weighted by Gasteiger charge is -2.42. The minimum absolute atomic E-state index is 0.00147. The van der Waals surface area contributed by atoms with Gasteiger partial charge in [0.05, 0.1) is 56.0 Å². The van der Waals surface area contributed by atoms with Gasteiger partial charge in [0.25, 0.3) is 0 Å². The SMILES string of the molecule is C=C[C@@H](CO[Si](C)(C)C(C)(C)C)[C@@H](CO[Si](OC)(c1ccccc1)C(C)(C)C)NC(=O)OC(C)(C)C.CC(C)(C)OC(=O)N[C@@H]1COC(=O)C[C@H]1C(=O)O.CC(C)(C)OC(=O)N[C@@H]1COC(=O)C[C@H]1C=O.CC(C)(C)OC(=O)N[C@@H]1COC(=O)C[C@H]1CO[Si](C)(C)C(C)(C)C. The molecule has 3 aliphatic rings. The monoisotopic (exact) mass is 1400 g/mol. The molecule has 0 aliphatic carbocycles. The van der Waals surface area contributed by atoms with Gasteiger partial charge in [-0.05, 0) is 125 Å². The Bertz CT molecular complexity index is 2680. The summed E-state index contributed by atoms with van der Waals surface area (Å²) in [6.07, 6.45) is 0.146. The summed E-state index contributed by atoms with van der Waals surface area (Å²) >= 11 is 0. The van der Waals surface area contributed by atoms with Crippen LogP contribution in [0.4, 0.5) is 19.2 Å². The maximum Gasteiger partial charge on any atom is 0.408 e. The molecule has 4 amide bonds. The van der Waals surface area contributed by atoms with E-state index in [9.17, 15) is 43.2 Å². The molecule has 3 saturated heterocycles. The number of hydrogen-bond donors (Lipinski definition) is 5. The second-order valence-electron chi connectivity index (χ2n) is 32.0. The molecule has 0 saturated carbocycles. The Morgan fingerprint density at radius 1 is 0.558 bits per heavy atom. The quantitative estimate of drug-likeness (QED) is 0.0282. The molecule has 3 fully saturated rings. The van der Waals surface area contributed by atoms with Crippen LogP contribution in [0.5, 0.6) is 0 Å². The number of cyclic esters (lactones) is 3. The molecule has 25 nitrogen and oxygen atoms in total. The van der Waals surface area contributed by atoms with Gasteiger partial charge >= 0.3 is 56.8 Å². The highest BCUT2D eigenvalue weighted by Gasteiger charge is 2.52. The number of alkyl carbamates (subject to hydrolysis) is 4. The second kappa shape index (κ2) is 36.1. The molecule has 1 aromatic rings. The van der Waals surface area contributed by atoms with E-state index in [-0.39, 0.29) is 84.7 Å². The summed E-state index contributed by atoms with van der Waals surface area (Å²) in [7, 11) is -5.12. The van der Waals surface area contributed by atoms with E-state index in [1.54, 1.807) is 48.7 Å². The van der Waals surface area contributed by atoms with Crippen molar-refractivity contribution in [2.75, 3.05) is 46.8 Å². The van der Waals surface area contributed by atoms with E-state index in [0.29, 0.717) is 19.5 Å². The van der Waals surface area contributed by atoms with Crippen LogP contribution in [-0.2, 0) is 74.8 Å². The minimum Gasteiger partial charge on any atom is -0.481 e. The van der Waals surface area contributed by atoms with Gasteiger partial charge in [0.15, 0.2) is 16.6 Å². The van der Waals surface area contributed by atoms with Crippen molar-refractivity contribution >= 4 is 84.9 Å². The Hall–Kier alpha value is -5.92. The molecule has 0 bridgehead atoms. The Morgan fingerprint density at radius 3 is 1.37 bits per heavy atom. The van der Waals surface area contributed by atoms with Crippen LogP contribution in [-0.4, -0.2) is 178 Å². The number of benzene rings is 1.